The standard InChI is InChI=1S/C22H28F2N4O2S/c1-13(2)19(26-20(29)18-16(23)5-4-6-17(18)24)21(30)27-22-25-15(12-31-22)11-28-9-7-14(3)8-10-28/h4-6,12-14,19H,7-11H2,1-3H3,(H,26,29)(H,25,27,30). The number of benzene rings is 1. The smallest absolute Gasteiger partial charge is 0.257 e. The molecule has 3 rings (SSSR count). The second kappa shape index (κ2) is 10.3. The number of piperidine rings is 1. The maximum atomic E-state index is 13.9. The minimum atomic E-state index is -0.975. The Kier molecular flexibility index (Phi) is 7.72. The third-order valence-corrected chi connectivity index (χ3v) is 6.28. The van der Waals surface area contributed by atoms with Crippen LogP contribution >= 0.6 is 11.3 Å². The molecule has 1 aromatic carbocycles. The Morgan fingerprint density at radius 3 is 2.48 bits per heavy atom. The second-order valence-electron chi connectivity index (χ2n) is 8.38. The molecule has 0 bridgehead atoms. The highest BCUT2D eigenvalue weighted by atomic mass is 32.1. The molecule has 0 aliphatic carbocycles. The first-order chi connectivity index (χ1) is 14.7. The lowest BCUT2D eigenvalue weighted by Crippen LogP contribution is -2.47. The number of halogens is 2. The Labute approximate surface area is 185 Å². The largest absolute Gasteiger partial charge is 0.340 e. The summed E-state index contributed by atoms with van der Waals surface area (Å²) in [5, 5.41) is 7.51. The van der Waals surface area contributed by atoms with Crippen molar-refractivity contribution >= 4 is 28.3 Å². The number of carbonyl (C=O) groups excluding carboxylic acids is 2. The van der Waals surface area contributed by atoms with Crippen LogP contribution in [0.5, 0.6) is 0 Å². The van der Waals surface area contributed by atoms with Crippen LogP contribution in [0.1, 0.15) is 49.7 Å². The van der Waals surface area contributed by atoms with Crippen molar-refractivity contribution < 1.29 is 18.4 Å². The van der Waals surface area contributed by atoms with Crippen LogP contribution in [-0.4, -0.2) is 40.8 Å². The van der Waals surface area contributed by atoms with Gasteiger partial charge in [0.2, 0.25) is 5.91 Å². The molecule has 9 heteroatoms. The van der Waals surface area contributed by atoms with Gasteiger partial charge >= 0.3 is 0 Å². The van der Waals surface area contributed by atoms with Crippen LogP contribution in [0, 0.1) is 23.5 Å². The Morgan fingerprint density at radius 2 is 1.87 bits per heavy atom. The Morgan fingerprint density at radius 1 is 1.23 bits per heavy atom. The van der Waals surface area contributed by atoms with Crippen LogP contribution in [0.4, 0.5) is 13.9 Å². The van der Waals surface area contributed by atoms with Crippen LogP contribution in [-0.2, 0) is 11.3 Å². The summed E-state index contributed by atoms with van der Waals surface area (Å²) in [7, 11) is 0. The Hall–Kier alpha value is -2.39. The van der Waals surface area contributed by atoms with Crippen molar-refractivity contribution in [1.29, 1.82) is 0 Å². The number of hydrogen-bond donors (Lipinski definition) is 2. The monoisotopic (exact) mass is 450 g/mol. The van der Waals surface area contributed by atoms with Gasteiger partial charge in [0.05, 0.1) is 5.69 Å². The second-order valence-corrected chi connectivity index (χ2v) is 9.24. The van der Waals surface area contributed by atoms with Crippen LogP contribution in [0.15, 0.2) is 23.6 Å². The van der Waals surface area contributed by atoms with Crippen molar-refractivity contribution in [1.82, 2.24) is 15.2 Å². The fourth-order valence-corrected chi connectivity index (χ4v) is 4.24. The molecular weight excluding hydrogens is 422 g/mol. The molecule has 1 aliphatic rings. The van der Waals surface area contributed by atoms with Gasteiger partial charge in [-0.05, 0) is 49.9 Å². The van der Waals surface area contributed by atoms with Crippen molar-refractivity contribution in [3.05, 3.63) is 46.5 Å². The summed E-state index contributed by atoms with van der Waals surface area (Å²) >= 11 is 1.31. The number of aromatic nitrogens is 1. The summed E-state index contributed by atoms with van der Waals surface area (Å²) in [4.78, 5) is 32.0. The normalized spacial score (nSPS) is 16.3. The molecule has 2 N–H and O–H groups in total. The summed E-state index contributed by atoms with van der Waals surface area (Å²) in [6.45, 7) is 8.55. The van der Waals surface area contributed by atoms with Crippen molar-refractivity contribution in [2.75, 3.05) is 18.4 Å². The highest BCUT2D eigenvalue weighted by molar-refractivity contribution is 7.13. The quantitative estimate of drug-likeness (QED) is 0.668. The number of rotatable bonds is 7. The molecule has 1 fully saturated rings. The predicted octanol–water partition coefficient (Wildman–Crippen LogP) is 4.05. The van der Waals surface area contributed by atoms with E-state index in [9.17, 15) is 18.4 Å². The van der Waals surface area contributed by atoms with E-state index in [0.717, 1.165) is 43.4 Å². The average Bonchev–Trinajstić information content (AvgIpc) is 3.14. The lowest BCUT2D eigenvalue weighted by Gasteiger charge is -2.29. The topological polar surface area (TPSA) is 74.3 Å². The van der Waals surface area contributed by atoms with E-state index < -0.39 is 35.1 Å². The van der Waals surface area contributed by atoms with E-state index in [1.807, 2.05) is 5.38 Å². The maximum absolute atomic E-state index is 13.9. The van der Waals surface area contributed by atoms with E-state index in [0.29, 0.717) is 5.13 Å². The molecular formula is C22H28F2N4O2S. The SMILES string of the molecule is CC1CCN(Cc2csc(NC(=O)C(NC(=O)c3c(F)cccc3F)C(C)C)n2)CC1. The van der Waals surface area contributed by atoms with Crippen molar-refractivity contribution in [3.8, 4) is 0 Å². The third-order valence-electron chi connectivity index (χ3n) is 5.47. The van der Waals surface area contributed by atoms with Gasteiger partial charge in [-0.25, -0.2) is 13.8 Å². The van der Waals surface area contributed by atoms with Gasteiger partial charge in [0.1, 0.15) is 23.2 Å². The fourth-order valence-electron chi connectivity index (χ4n) is 3.53. The molecule has 0 spiro atoms. The van der Waals surface area contributed by atoms with Gasteiger partial charge in [0, 0.05) is 11.9 Å². The van der Waals surface area contributed by atoms with Crippen LogP contribution < -0.4 is 10.6 Å². The van der Waals surface area contributed by atoms with Gasteiger partial charge in [0.15, 0.2) is 5.13 Å². The van der Waals surface area contributed by atoms with Crippen molar-refractivity contribution in [3.63, 3.8) is 0 Å². The summed E-state index contributed by atoms with van der Waals surface area (Å²) in [6.07, 6.45) is 2.35. The van der Waals surface area contributed by atoms with Gasteiger partial charge in [-0.15, -0.1) is 11.3 Å². The number of thiazole rings is 1. The van der Waals surface area contributed by atoms with Gasteiger partial charge in [-0.3, -0.25) is 14.5 Å². The minimum Gasteiger partial charge on any atom is -0.340 e. The summed E-state index contributed by atoms with van der Waals surface area (Å²) in [6, 6.07) is 2.21. The van der Waals surface area contributed by atoms with Crippen LogP contribution in [0.25, 0.3) is 0 Å². The third kappa shape index (κ3) is 6.07. The molecule has 31 heavy (non-hydrogen) atoms. The number of carbonyl (C=O) groups is 2. The number of anilines is 1. The molecule has 1 saturated heterocycles. The molecule has 1 unspecified atom stereocenters. The predicted molar refractivity (Wildman–Crippen MR) is 117 cm³/mol. The minimum absolute atomic E-state index is 0.298. The first kappa shape index (κ1) is 23.3. The van der Waals surface area contributed by atoms with E-state index in [2.05, 4.69) is 27.4 Å². The fraction of sp³-hybridized carbons (Fsp3) is 0.500. The summed E-state index contributed by atoms with van der Waals surface area (Å²) in [5.41, 5.74) is 0.182. The first-order valence-corrected chi connectivity index (χ1v) is 11.3. The van der Waals surface area contributed by atoms with Gasteiger partial charge in [-0.1, -0.05) is 26.8 Å². The molecule has 0 radical (unpaired) electrons. The van der Waals surface area contributed by atoms with E-state index in [4.69, 9.17) is 0 Å². The molecule has 2 amide bonds. The summed E-state index contributed by atoms with van der Waals surface area (Å²) < 4.78 is 27.8. The van der Waals surface area contributed by atoms with Gasteiger partial charge in [0.25, 0.3) is 5.91 Å². The number of amides is 2. The maximum Gasteiger partial charge on any atom is 0.257 e. The number of nitrogens with zero attached hydrogens (tertiary/aromatic N) is 2. The van der Waals surface area contributed by atoms with Gasteiger partial charge in [-0.2, -0.15) is 0 Å². The number of hydrogen-bond acceptors (Lipinski definition) is 5. The highest BCUT2D eigenvalue weighted by Crippen LogP contribution is 2.21. The Balaban J connectivity index is 1.62. The molecule has 2 heterocycles. The number of nitrogens with one attached hydrogen (secondary N) is 2. The zero-order chi connectivity index (χ0) is 22.5. The van der Waals surface area contributed by atoms with Crippen LogP contribution in [0.3, 0.4) is 0 Å². The van der Waals surface area contributed by atoms with E-state index >= 15 is 0 Å². The number of likely N-dealkylation sites (tertiary alicyclic amines) is 1. The first-order valence-electron chi connectivity index (χ1n) is 10.5. The van der Waals surface area contributed by atoms with Crippen LogP contribution in [0.2, 0.25) is 0 Å². The molecule has 0 saturated carbocycles. The molecule has 2 aromatic rings. The van der Waals surface area contributed by atoms with E-state index in [-0.39, 0.29) is 5.92 Å². The lowest BCUT2D eigenvalue weighted by molar-refractivity contribution is -0.118. The highest BCUT2D eigenvalue weighted by Gasteiger charge is 2.28. The molecule has 6 nitrogen and oxygen atoms in total. The van der Waals surface area contributed by atoms with Crippen molar-refractivity contribution in [2.45, 2.75) is 46.2 Å². The lowest BCUT2D eigenvalue weighted by atomic mass is 9.99. The zero-order valence-electron chi connectivity index (χ0n) is 18.0. The van der Waals surface area contributed by atoms with Gasteiger partial charge < -0.3 is 10.6 Å². The molecule has 1 atom stereocenters. The zero-order valence-corrected chi connectivity index (χ0v) is 18.8. The van der Waals surface area contributed by atoms with Crippen molar-refractivity contribution in [2.24, 2.45) is 11.8 Å². The average molecular weight is 451 g/mol. The molecule has 1 aromatic heterocycles. The molecule has 1 aliphatic heterocycles. The summed E-state index contributed by atoms with van der Waals surface area (Å²) in [5.74, 6) is -2.94. The molecule has 168 valence electrons. The van der Waals surface area contributed by atoms with E-state index in [1.54, 1.807) is 13.8 Å². The Bertz CT molecular complexity index is 906. The van der Waals surface area contributed by atoms with E-state index in [1.165, 1.54) is 30.2 Å².